The average molecular weight is 358 g/mol. The Hall–Kier alpha value is -2.34. The number of anilines is 1. The van der Waals surface area contributed by atoms with E-state index in [9.17, 15) is 14.0 Å². The molecule has 2 aromatic rings. The number of hydrogen-bond donors (Lipinski definition) is 1. The first-order valence-corrected chi connectivity index (χ1v) is 9.16. The Morgan fingerprint density at radius 1 is 1.28 bits per heavy atom. The predicted molar refractivity (Wildman–Crippen MR) is 97.2 cm³/mol. The summed E-state index contributed by atoms with van der Waals surface area (Å²) in [4.78, 5) is 27.2. The number of carbonyl (C=O) groups excluding carboxylic acids is 2. The molecule has 0 radical (unpaired) electrons. The Kier molecular flexibility index (Phi) is 5.38. The van der Waals surface area contributed by atoms with Crippen molar-refractivity contribution >= 4 is 29.3 Å². The van der Waals surface area contributed by atoms with Crippen molar-refractivity contribution in [1.82, 2.24) is 4.90 Å². The summed E-state index contributed by atoms with van der Waals surface area (Å²) in [6.07, 6.45) is 0.462. The molecule has 1 heterocycles. The molecule has 6 heteroatoms. The number of rotatable bonds is 4. The third kappa shape index (κ3) is 4.20. The molecular formula is C19H19FN2O2S. The Morgan fingerprint density at radius 2 is 2.12 bits per heavy atom. The van der Waals surface area contributed by atoms with Crippen molar-refractivity contribution in [3.63, 3.8) is 0 Å². The van der Waals surface area contributed by atoms with Crippen LogP contribution in [0.25, 0.3) is 0 Å². The van der Waals surface area contributed by atoms with Crippen LogP contribution in [-0.4, -0.2) is 29.0 Å². The number of thioether (sulfide) groups is 1. The molecule has 1 aliphatic rings. The van der Waals surface area contributed by atoms with Crippen LogP contribution in [0, 0.1) is 5.82 Å². The van der Waals surface area contributed by atoms with Crippen LogP contribution in [0.5, 0.6) is 0 Å². The second-order valence-electron chi connectivity index (χ2n) is 5.81. The number of nitrogens with zero attached hydrogens (tertiary/aromatic N) is 1. The first-order valence-electron chi connectivity index (χ1n) is 8.17. The number of nitrogens with one attached hydrogen (secondary N) is 1. The first kappa shape index (κ1) is 17.5. The topological polar surface area (TPSA) is 49.4 Å². The SMILES string of the molecule is CCN(Cc1cccc(F)c1)C(=O)c1ccc2c(c1)NC(=O)CCS2. The molecule has 130 valence electrons. The van der Waals surface area contributed by atoms with Gasteiger partial charge in [0.25, 0.3) is 5.91 Å². The monoisotopic (exact) mass is 358 g/mol. The zero-order valence-electron chi connectivity index (χ0n) is 13.9. The van der Waals surface area contributed by atoms with Crippen molar-refractivity contribution in [2.45, 2.75) is 24.8 Å². The summed E-state index contributed by atoms with van der Waals surface area (Å²) in [5.74, 6) is 0.235. The van der Waals surface area contributed by atoms with Crippen molar-refractivity contribution in [1.29, 1.82) is 0 Å². The lowest BCUT2D eigenvalue weighted by atomic mass is 10.1. The Labute approximate surface area is 150 Å². The zero-order chi connectivity index (χ0) is 17.8. The summed E-state index contributed by atoms with van der Waals surface area (Å²) in [7, 11) is 0. The standard InChI is InChI=1S/C19H19FN2O2S/c1-2-22(12-13-4-3-5-15(20)10-13)19(24)14-6-7-17-16(11-14)21-18(23)8-9-25-17/h3-7,10-11H,2,8-9,12H2,1H3,(H,21,23). The molecule has 0 atom stereocenters. The van der Waals surface area contributed by atoms with Crippen molar-refractivity contribution in [2.75, 3.05) is 17.6 Å². The van der Waals surface area contributed by atoms with Gasteiger partial charge in [-0.3, -0.25) is 9.59 Å². The molecule has 0 unspecified atom stereocenters. The van der Waals surface area contributed by atoms with Crippen LogP contribution < -0.4 is 5.32 Å². The second-order valence-corrected chi connectivity index (χ2v) is 6.94. The quantitative estimate of drug-likeness (QED) is 0.901. The van der Waals surface area contributed by atoms with E-state index in [4.69, 9.17) is 0 Å². The van der Waals surface area contributed by atoms with Gasteiger partial charge in [-0.25, -0.2) is 4.39 Å². The van der Waals surface area contributed by atoms with E-state index in [1.807, 2.05) is 13.0 Å². The maximum atomic E-state index is 13.4. The fourth-order valence-corrected chi connectivity index (χ4v) is 3.66. The van der Waals surface area contributed by atoms with E-state index in [2.05, 4.69) is 5.32 Å². The fourth-order valence-electron chi connectivity index (χ4n) is 2.72. The minimum absolute atomic E-state index is 0.0389. The fraction of sp³-hybridized carbons (Fsp3) is 0.263. The minimum Gasteiger partial charge on any atom is -0.335 e. The van der Waals surface area contributed by atoms with Crippen LogP contribution in [0.2, 0.25) is 0 Å². The Bertz CT molecular complexity index is 810. The summed E-state index contributed by atoms with van der Waals surface area (Å²) < 4.78 is 13.4. The molecular weight excluding hydrogens is 339 g/mol. The lowest BCUT2D eigenvalue weighted by molar-refractivity contribution is -0.115. The van der Waals surface area contributed by atoms with Crippen LogP contribution in [-0.2, 0) is 11.3 Å². The molecule has 0 fully saturated rings. The van der Waals surface area contributed by atoms with E-state index in [0.29, 0.717) is 30.8 Å². The van der Waals surface area contributed by atoms with Gasteiger partial charge in [-0.2, -0.15) is 0 Å². The van der Waals surface area contributed by atoms with Gasteiger partial charge in [0.15, 0.2) is 0 Å². The number of halogens is 1. The first-order chi connectivity index (χ1) is 12.1. The summed E-state index contributed by atoms with van der Waals surface area (Å²) in [5.41, 5.74) is 1.94. The molecule has 0 aromatic heterocycles. The van der Waals surface area contributed by atoms with Gasteiger partial charge in [0.2, 0.25) is 5.91 Å². The van der Waals surface area contributed by atoms with Gasteiger partial charge < -0.3 is 10.2 Å². The molecule has 3 rings (SSSR count). The van der Waals surface area contributed by atoms with Crippen LogP contribution in [0.1, 0.15) is 29.3 Å². The summed E-state index contributed by atoms with van der Waals surface area (Å²) in [6.45, 7) is 2.73. The van der Waals surface area contributed by atoms with E-state index in [0.717, 1.165) is 16.2 Å². The third-order valence-electron chi connectivity index (χ3n) is 4.02. The molecule has 1 N–H and O–H groups in total. The molecule has 0 saturated heterocycles. The minimum atomic E-state index is -0.314. The molecule has 2 aromatic carbocycles. The highest BCUT2D eigenvalue weighted by Gasteiger charge is 2.19. The lowest BCUT2D eigenvalue weighted by Gasteiger charge is -2.22. The highest BCUT2D eigenvalue weighted by Crippen LogP contribution is 2.31. The molecule has 4 nitrogen and oxygen atoms in total. The van der Waals surface area contributed by atoms with Crippen molar-refractivity contribution in [3.05, 3.63) is 59.4 Å². The number of hydrogen-bond acceptors (Lipinski definition) is 3. The molecule has 0 saturated carbocycles. The van der Waals surface area contributed by atoms with Crippen LogP contribution in [0.15, 0.2) is 47.4 Å². The maximum Gasteiger partial charge on any atom is 0.254 e. The van der Waals surface area contributed by atoms with E-state index < -0.39 is 0 Å². The van der Waals surface area contributed by atoms with Crippen LogP contribution in [0.4, 0.5) is 10.1 Å². The average Bonchev–Trinajstić information content (AvgIpc) is 2.79. The second kappa shape index (κ2) is 7.70. The maximum absolute atomic E-state index is 13.4. The predicted octanol–water partition coefficient (Wildman–Crippen LogP) is 3.92. The van der Waals surface area contributed by atoms with Gasteiger partial charge >= 0.3 is 0 Å². The highest BCUT2D eigenvalue weighted by molar-refractivity contribution is 7.99. The summed E-state index contributed by atoms with van der Waals surface area (Å²) in [5, 5.41) is 2.85. The van der Waals surface area contributed by atoms with Crippen LogP contribution in [0.3, 0.4) is 0 Å². The van der Waals surface area contributed by atoms with Gasteiger partial charge in [0, 0.05) is 35.7 Å². The smallest absolute Gasteiger partial charge is 0.254 e. The molecule has 0 aliphatic carbocycles. The van der Waals surface area contributed by atoms with Gasteiger partial charge in [-0.1, -0.05) is 12.1 Å². The molecule has 2 amide bonds. The van der Waals surface area contributed by atoms with Crippen molar-refractivity contribution < 1.29 is 14.0 Å². The van der Waals surface area contributed by atoms with Crippen molar-refractivity contribution in [3.8, 4) is 0 Å². The number of carbonyl (C=O) groups is 2. The molecule has 0 spiro atoms. The van der Waals surface area contributed by atoms with Gasteiger partial charge in [0.1, 0.15) is 5.82 Å². The van der Waals surface area contributed by atoms with E-state index in [1.54, 1.807) is 40.9 Å². The lowest BCUT2D eigenvalue weighted by Crippen LogP contribution is -2.30. The van der Waals surface area contributed by atoms with Gasteiger partial charge in [-0.05, 0) is 42.8 Å². The van der Waals surface area contributed by atoms with E-state index in [-0.39, 0.29) is 17.6 Å². The number of amides is 2. The van der Waals surface area contributed by atoms with Crippen LogP contribution >= 0.6 is 11.8 Å². The summed E-state index contributed by atoms with van der Waals surface area (Å²) >= 11 is 1.60. The van der Waals surface area contributed by atoms with E-state index in [1.165, 1.54) is 12.1 Å². The normalized spacial score (nSPS) is 13.6. The zero-order valence-corrected chi connectivity index (χ0v) is 14.7. The van der Waals surface area contributed by atoms with Crippen molar-refractivity contribution in [2.24, 2.45) is 0 Å². The third-order valence-corrected chi connectivity index (χ3v) is 5.09. The van der Waals surface area contributed by atoms with Gasteiger partial charge in [0.05, 0.1) is 5.69 Å². The number of benzene rings is 2. The highest BCUT2D eigenvalue weighted by atomic mass is 32.2. The summed E-state index contributed by atoms with van der Waals surface area (Å²) in [6, 6.07) is 11.6. The number of fused-ring (bicyclic) bond motifs is 1. The Morgan fingerprint density at radius 3 is 2.88 bits per heavy atom. The largest absolute Gasteiger partial charge is 0.335 e. The van der Waals surface area contributed by atoms with Gasteiger partial charge in [-0.15, -0.1) is 11.8 Å². The molecule has 1 aliphatic heterocycles. The van der Waals surface area contributed by atoms with E-state index >= 15 is 0 Å². The molecule has 0 bridgehead atoms. The molecule has 25 heavy (non-hydrogen) atoms. The Balaban J connectivity index is 1.82.